The summed E-state index contributed by atoms with van der Waals surface area (Å²) in [6.07, 6.45) is -5.00. The standard InChI is InChI=1S/C43H50ClN9O10S/c1-21-36(64-20-50-21)23-7-5-22(6-8-23)15-47-40(60)28-14-25(54)17-53(28)41(61)37(43(2,3)4)51-30(55)16-46-31(56)18-62-29-13-24(9-10-27(29)44)32(57)35-33(58)34(59)42(63-35)52-12-11-26-38(45)48-19-49-39(26)52/h5-13,19-20,25,28,32-35,37,42,54,57-59H,14-18H2,1-4H3,(H,46,56)(H,47,60)(H,51,55)(H2,45,48,49)/t25-,28+,32-,33+,34-,35-,37-,42-/m1/s1. The number of aromatic nitrogens is 4. The Morgan fingerprint density at radius 2 is 1.77 bits per heavy atom. The first-order valence-electron chi connectivity index (χ1n) is 20.4. The van der Waals surface area contributed by atoms with Crippen molar-refractivity contribution in [3.05, 3.63) is 88.4 Å². The smallest absolute Gasteiger partial charge is 0.258 e. The number of thiazole rings is 1. The molecule has 9 N–H and O–H groups in total. The predicted molar refractivity (Wildman–Crippen MR) is 234 cm³/mol. The molecule has 340 valence electrons. The molecule has 19 nitrogen and oxygen atoms in total. The number of rotatable bonds is 14. The Morgan fingerprint density at radius 3 is 2.47 bits per heavy atom. The highest BCUT2D eigenvalue weighted by molar-refractivity contribution is 7.13. The summed E-state index contributed by atoms with van der Waals surface area (Å²) in [4.78, 5) is 68.3. The minimum absolute atomic E-state index is 0.00402. The largest absolute Gasteiger partial charge is 0.482 e. The second-order valence-electron chi connectivity index (χ2n) is 16.8. The highest BCUT2D eigenvalue weighted by Crippen LogP contribution is 2.39. The van der Waals surface area contributed by atoms with Gasteiger partial charge in [-0.15, -0.1) is 11.3 Å². The number of aliphatic hydroxyl groups excluding tert-OH is 4. The summed E-state index contributed by atoms with van der Waals surface area (Å²) in [5, 5.41) is 52.3. The lowest BCUT2D eigenvalue weighted by molar-refractivity contribution is -0.144. The summed E-state index contributed by atoms with van der Waals surface area (Å²) in [6.45, 7) is 6.13. The number of halogens is 1. The summed E-state index contributed by atoms with van der Waals surface area (Å²) >= 11 is 7.89. The fraction of sp³-hybridized carbons (Fsp3) is 0.419. The van der Waals surface area contributed by atoms with Gasteiger partial charge in [-0.25, -0.2) is 15.0 Å². The van der Waals surface area contributed by atoms with Crippen molar-refractivity contribution in [2.45, 2.75) is 89.5 Å². The van der Waals surface area contributed by atoms with Gasteiger partial charge in [-0.2, -0.15) is 0 Å². The van der Waals surface area contributed by atoms with Gasteiger partial charge in [0.25, 0.3) is 5.91 Å². The van der Waals surface area contributed by atoms with E-state index in [-0.39, 0.29) is 41.7 Å². The molecule has 0 radical (unpaired) electrons. The maximum Gasteiger partial charge on any atom is 0.258 e. The Kier molecular flexibility index (Phi) is 13.8. The number of carbonyl (C=O) groups excluding carboxylic acids is 4. The molecule has 3 aromatic heterocycles. The summed E-state index contributed by atoms with van der Waals surface area (Å²) in [6, 6.07) is 11.5. The number of hydrogen-bond donors (Lipinski definition) is 8. The number of aryl methyl sites for hydroxylation is 1. The number of amides is 4. The van der Waals surface area contributed by atoms with Crippen molar-refractivity contribution in [3.8, 4) is 16.2 Å². The fourth-order valence-corrected chi connectivity index (χ4v) is 8.73. The van der Waals surface area contributed by atoms with Crippen molar-refractivity contribution >= 4 is 63.4 Å². The quantitative estimate of drug-likeness (QED) is 0.0789. The molecule has 7 rings (SSSR count). The van der Waals surface area contributed by atoms with Gasteiger partial charge in [0.1, 0.15) is 60.0 Å². The molecule has 2 fully saturated rings. The van der Waals surface area contributed by atoms with E-state index in [0.717, 1.165) is 21.7 Å². The zero-order valence-electron chi connectivity index (χ0n) is 35.3. The molecule has 4 amide bonds. The van der Waals surface area contributed by atoms with Crippen LogP contribution in [0.25, 0.3) is 21.5 Å². The summed E-state index contributed by atoms with van der Waals surface area (Å²) in [5.74, 6) is -2.20. The van der Waals surface area contributed by atoms with Crippen LogP contribution in [0.4, 0.5) is 5.82 Å². The van der Waals surface area contributed by atoms with Gasteiger partial charge in [0.05, 0.1) is 39.1 Å². The Balaban J connectivity index is 0.911. The second-order valence-corrected chi connectivity index (χ2v) is 18.1. The Labute approximate surface area is 376 Å². The first-order valence-corrected chi connectivity index (χ1v) is 21.7. The lowest BCUT2D eigenvalue weighted by Gasteiger charge is -2.35. The molecule has 0 aliphatic carbocycles. The maximum absolute atomic E-state index is 14.0. The Bertz CT molecular complexity index is 2510. The van der Waals surface area contributed by atoms with Crippen molar-refractivity contribution in [2.75, 3.05) is 25.4 Å². The zero-order valence-corrected chi connectivity index (χ0v) is 36.9. The van der Waals surface area contributed by atoms with Crippen molar-refractivity contribution in [1.82, 2.24) is 40.4 Å². The van der Waals surface area contributed by atoms with Crippen LogP contribution in [0.3, 0.4) is 0 Å². The summed E-state index contributed by atoms with van der Waals surface area (Å²) < 4.78 is 13.1. The van der Waals surface area contributed by atoms with E-state index in [9.17, 15) is 39.6 Å². The minimum Gasteiger partial charge on any atom is -0.482 e. The highest BCUT2D eigenvalue weighted by Gasteiger charge is 2.48. The van der Waals surface area contributed by atoms with E-state index in [1.807, 2.05) is 31.2 Å². The number of likely N-dealkylation sites (tertiary alicyclic amines) is 1. The molecular formula is C43H50ClN9O10S. The fourth-order valence-electron chi connectivity index (χ4n) is 7.74. The third-order valence-corrected chi connectivity index (χ3v) is 12.5. The van der Waals surface area contributed by atoms with Crippen LogP contribution in [-0.4, -0.2) is 125 Å². The molecule has 5 heterocycles. The number of aliphatic hydroxyl groups is 4. The SMILES string of the molecule is Cc1ncsc1-c1ccc(CNC(=O)[C@@H]2C[C@@H](O)CN2C(=O)[C@@H](NC(=O)CNC(=O)COc2cc([C@@H](O)[C@H]3O[C@@H](n4ccc5c(N)ncnc54)[C@H](O)[C@@H]3O)ccc2Cl)C(C)(C)C)cc1. The minimum atomic E-state index is -1.52. The average Bonchev–Trinajstić information content (AvgIpc) is 4.06. The van der Waals surface area contributed by atoms with E-state index >= 15 is 0 Å². The predicted octanol–water partition coefficient (Wildman–Crippen LogP) is 1.76. The van der Waals surface area contributed by atoms with Crippen molar-refractivity contribution in [2.24, 2.45) is 5.41 Å². The van der Waals surface area contributed by atoms with E-state index in [4.69, 9.17) is 26.8 Å². The van der Waals surface area contributed by atoms with Gasteiger partial charge < -0.3 is 61.1 Å². The number of fused-ring (bicyclic) bond motifs is 1. The number of ether oxygens (including phenoxy) is 2. The highest BCUT2D eigenvalue weighted by atomic mass is 35.5. The first-order chi connectivity index (χ1) is 30.4. The third-order valence-electron chi connectivity index (χ3n) is 11.2. The number of benzene rings is 2. The second kappa shape index (κ2) is 19.2. The van der Waals surface area contributed by atoms with Crippen LogP contribution in [0, 0.1) is 12.3 Å². The van der Waals surface area contributed by atoms with Crippen molar-refractivity contribution in [1.29, 1.82) is 0 Å². The van der Waals surface area contributed by atoms with Crippen LogP contribution >= 0.6 is 22.9 Å². The number of β-amino-alcohol motifs (C(OH)–C–C–N with tert-alkyl or cyclic N) is 1. The number of carbonyl (C=O) groups is 4. The van der Waals surface area contributed by atoms with Gasteiger partial charge in [-0.1, -0.05) is 62.7 Å². The van der Waals surface area contributed by atoms with E-state index in [1.54, 1.807) is 49.9 Å². The van der Waals surface area contributed by atoms with Gasteiger partial charge in [0.15, 0.2) is 12.8 Å². The van der Waals surface area contributed by atoms with Gasteiger partial charge >= 0.3 is 0 Å². The molecule has 2 aliphatic heterocycles. The lowest BCUT2D eigenvalue weighted by atomic mass is 9.85. The van der Waals surface area contributed by atoms with Crippen LogP contribution in [0.5, 0.6) is 5.75 Å². The average molecular weight is 920 g/mol. The van der Waals surface area contributed by atoms with E-state index in [2.05, 4.69) is 30.9 Å². The molecule has 0 bridgehead atoms. The molecule has 21 heteroatoms. The number of nitrogen functional groups attached to an aromatic ring is 1. The van der Waals surface area contributed by atoms with Gasteiger partial charge in [-0.05, 0) is 47.2 Å². The van der Waals surface area contributed by atoms with Crippen molar-refractivity contribution in [3.63, 3.8) is 0 Å². The van der Waals surface area contributed by atoms with Crippen LogP contribution in [-0.2, 0) is 30.5 Å². The Hall–Kier alpha value is -5.74. The maximum atomic E-state index is 14.0. The number of nitrogens with two attached hydrogens (primary N) is 1. The molecule has 2 aromatic carbocycles. The van der Waals surface area contributed by atoms with Crippen LogP contribution < -0.4 is 26.4 Å². The molecule has 5 aromatic rings. The third kappa shape index (κ3) is 9.97. The van der Waals surface area contributed by atoms with Crippen LogP contribution in [0.2, 0.25) is 5.02 Å². The van der Waals surface area contributed by atoms with E-state index in [0.29, 0.717) is 11.0 Å². The van der Waals surface area contributed by atoms with Crippen LogP contribution in [0.1, 0.15) is 56.3 Å². The summed E-state index contributed by atoms with van der Waals surface area (Å²) in [5.41, 5.74) is 10.2. The molecule has 0 saturated carbocycles. The van der Waals surface area contributed by atoms with Crippen LogP contribution in [0.15, 0.2) is 66.6 Å². The van der Waals surface area contributed by atoms with Gasteiger partial charge in [0.2, 0.25) is 17.7 Å². The summed E-state index contributed by atoms with van der Waals surface area (Å²) in [7, 11) is 0. The molecule has 8 atom stereocenters. The number of anilines is 1. The topological polar surface area (TPSA) is 277 Å². The number of hydrogen-bond acceptors (Lipinski definition) is 15. The number of nitrogens with zero attached hydrogens (tertiary/aromatic N) is 5. The molecule has 64 heavy (non-hydrogen) atoms. The monoisotopic (exact) mass is 919 g/mol. The van der Waals surface area contributed by atoms with Gasteiger partial charge in [0, 0.05) is 25.7 Å². The molecular weight excluding hydrogens is 870 g/mol. The molecule has 2 saturated heterocycles. The first kappa shape index (κ1) is 46.3. The zero-order chi connectivity index (χ0) is 46.0. The molecule has 0 spiro atoms. The van der Waals surface area contributed by atoms with Crippen molar-refractivity contribution < 1.29 is 49.1 Å². The lowest BCUT2D eigenvalue weighted by Crippen LogP contribution is -2.58. The molecule has 0 unspecified atom stereocenters. The van der Waals surface area contributed by atoms with E-state index in [1.165, 1.54) is 34.0 Å². The number of nitrogens with one attached hydrogen (secondary N) is 3. The normalized spacial score (nSPS) is 22.0. The van der Waals surface area contributed by atoms with Gasteiger partial charge in [-0.3, -0.25) is 19.2 Å². The Morgan fingerprint density at radius 1 is 1.02 bits per heavy atom. The molecule has 2 aliphatic rings. The van der Waals surface area contributed by atoms with E-state index < -0.39 is 91.0 Å².